The molecule has 1 unspecified atom stereocenters. The summed E-state index contributed by atoms with van der Waals surface area (Å²) in [6.07, 6.45) is 4.07. The molecule has 7 nitrogen and oxygen atoms in total. The molecule has 3 heterocycles. The Balaban J connectivity index is 1.52. The molecule has 29 heavy (non-hydrogen) atoms. The second-order valence-electron chi connectivity index (χ2n) is 7.68. The standard InChI is InChI=1S/C20H24F2N6O/c1-12(21)10-28-5-3-15(4-6-28)24-20(29)19-16-7-13(14-9-23-27(2)11-14)8-17(22)18(16)25-26-19/h7-9,11-12,15H,3-6,10H2,1-2H3,(H,24,29)(H,25,26). The predicted molar refractivity (Wildman–Crippen MR) is 106 cm³/mol. The van der Waals surface area contributed by atoms with E-state index in [-0.39, 0.29) is 23.2 Å². The van der Waals surface area contributed by atoms with Gasteiger partial charge in [-0.05, 0) is 37.5 Å². The number of piperidine rings is 1. The zero-order valence-electron chi connectivity index (χ0n) is 16.5. The minimum atomic E-state index is -0.860. The minimum absolute atomic E-state index is 0.00151. The van der Waals surface area contributed by atoms with Crippen molar-refractivity contribution in [2.75, 3.05) is 19.6 Å². The number of aromatic nitrogens is 4. The lowest BCUT2D eigenvalue weighted by atomic mass is 10.0. The number of hydrogen-bond acceptors (Lipinski definition) is 4. The first-order chi connectivity index (χ1) is 13.9. The number of H-pyrrole nitrogens is 1. The van der Waals surface area contributed by atoms with Gasteiger partial charge in [0.2, 0.25) is 0 Å². The van der Waals surface area contributed by atoms with Crippen molar-refractivity contribution < 1.29 is 13.6 Å². The van der Waals surface area contributed by atoms with Gasteiger partial charge in [0, 0.05) is 49.9 Å². The predicted octanol–water partition coefficient (Wildman–Crippen LogP) is 2.65. The number of alkyl halides is 1. The molecule has 2 aromatic heterocycles. The normalized spacial score (nSPS) is 17.0. The van der Waals surface area contributed by atoms with E-state index >= 15 is 0 Å². The molecule has 3 aromatic rings. The van der Waals surface area contributed by atoms with Gasteiger partial charge in [-0.15, -0.1) is 0 Å². The van der Waals surface area contributed by atoms with Gasteiger partial charge in [-0.2, -0.15) is 10.2 Å². The van der Waals surface area contributed by atoms with Crippen molar-refractivity contribution in [1.29, 1.82) is 0 Å². The topological polar surface area (TPSA) is 78.8 Å². The van der Waals surface area contributed by atoms with Gasteiger partial charge in [-0.25, -0.2) is 8.78 Å². The molecule has 0 saturated carbocycles. The molecule has 0 aliphatic carbocycles. The molecule has 154 valence electrons. The van der Waals surface area contributed by atoms with Crippen LogP contribution >= 0.6 is 0 Å². The summed E-state index contributed by atoms with van der Waals surface area (Å²) < 4.78 is 29.3. The summed E-state index contributed by atoms with van der Waals surface area (Å²) >= 11 is 0. The maximum atomic E-state index is 14.5. The summed E-state index contributed by atoms with van der Waals surface area (Å²) in [5.41, 5.74) is 1.77. The molecule has 1 aromatic carbocycles. The summed E-state index contributed by atoms with van der Waals surface area (Å²) in [7, 11) is 1.79. The molecule has 4 rings (SSSR count). The zero-order valence-corrected chi connectivity index (χ0v) is 16.5. The number of amides is 1. The smallest absolute Gasteiger partial charge is 0.270 e. The summed E-state index contributed by atoms with van der Waals surface area (Å²) in [6, 6.07) is 3.14. The number of aryl methyl sites for hydroxylation is 1. The molecule has 0 spiro atoms. The van der Waals surface area contributed by atoms with E-state index in [1.165, 1.54) is 6.07 Å². The largest absolute Gasteiger partial charge is 0.348 e. The fraction of sp³-hybridized carbons (Fsp3) is 0.450. The van der Waals surface area contributed by atoms with E-state index in [1.807, 2.05) is 0 Å². The Hall–Kier alpha value is -2.81. The zero-order chi connectivity index (χ0) is 20.5. The van der Waals surface area contributed by atoms with Crippen molar-refractivity contribution >= 4 is 16.8 Å². The van der Waals surface area contributed by atoms with Crippen LogP contribution in [0.2, 0.25) is 0 Å². The Morgan fingerprint density at radius 1 is 1.34 bits per heavy atom. The number of carbonyl (C=O) groups excluding carboxylic acids is 1. The number of likely N-dealkylation sites (tertiary alicyclic amines) is 1. The van der Waals surface area contributed by atoms with Gasteiger partial charge < -0.3 is 10.2 Å². The van der Waals surface area contributed by atoms with Gasteiger partial charge in [-0.3, -0.25) is 14.6 Å². The molecule has 1 atom stereocenters. The Morgan fingerprint density at radius 3 is 2.76 bits per heavy atom. The van der Waals surface area contributed by atoms with Crippen molar-refractivity contribution in [3.63, 3.8) is 0 Å². The van der Waals surface area contributed by atoms with E-state index < -0.39 is 12.0 Å². The Morgan fingerprint density at radius 2 is 2.10 bits per heavy atom. The first-order valence-corrected chi connectivity index (χ1v) is 9.74. The number of rotatable bonds is 5. The maximum Gasteiger partial charge on any atom is 0.270 e. The number of benzene rings is 1. The SMILES string of the molecule is CC(F)CN1CCC(NC(=O)c2[nH]nc3c(F)cc(-c4cnn(C)c4)cc23)CC1. The van der Waals surface area contributed by atoms with Gasteiger partial charge in [0.1, 0.15) is 17.4 Å². The van der Waals surface area contributed by atoms with Crippen LogP contribution in [0.4, 0.5) is 8.78 Å². The Bertz CT molecular complexity index is 1020. The summed E-state index contributed by atoms with van der Waals surface area (Å²) in [6.45, 7) is 3.45. The van der Waals surface area contributed by atoms with E-state index in [1.54, 1.807) is 37.1 Å². The van der Waals surface area contributed by atoms with Crippen molar-refractivity contribution in [3.05, 3.63) is 36.0 Å². The summed E-state index contributed by atoms with van der Waals surface area (Å²) in [5.74, 6) is -0.808. The lowest BCUT2D eigenvalue weighted by Crippen LogP contribution is -2.45. The van der Waals surface area contributed by atoms with Gasteiger partial charge in [0.15, 0.2) is 5.82 Å². The van der Waals surface area contributed by atoms with Gasteiger partial charge in [0.05, 0.1) is 6.20 Å². The highest BCUT2D eigenvalue weighted by Gasteiger charge is 2.24. The van der Waals surface area contributed by atoms with Crippen LogP contribution in [-0.4, -0.2) is 62.6 Å². The van der Waals surface area contributed by atoms with Gasteiger partial charge in [-0.1, -0.05) is 0 Å². The molecule has 0 radical (unpaired) electrons. The average Bonchev–Trinajstić information content (AvgIpc) is 3.29. The Labute approximate surface area is 167 Å². The number of nitrogens with zero attached hydrogens (tertiary/aromatic N) is 4. The highest BCUT2D eigenvalue weighted by molar-refractivity contribution is 6.05. The van der Waals surface area contributed by atoms with Gasteiger partial charge in [0.25, 0.3) is 5.91 Å². The van der Waals surface area contributed by atoms with Crippen LogP contribution in [-0.2, 0) is 7.05 Å². The highest BCUT2D eigenvalue weighted by Crippen LogP contribution is 2.27. The van der Waals surface area contributed by atoms with Crippen LogP contribution in [0.5, 0.6) is 0 Å². The number of hydrogen-bond donors (Lipinski definition) is 2. The lowest BCUT2D eigenvalue weighted by Gasteiger charge is -2.32. The van der Waals surface area contributed by atoms with Crippen LogP contribution in [0.15, 0.2) is 24.5 Å². The third kappa shape index (κ3) is 4.14. The second-order valence-corrected chi connectivity index (χ2v) is 7.68. The number of halogens is 2. The Kier molecular flexibility index (Phi) is 5.31. The van der Waals surface area contributed by atoms with E-state index in [2.05, 4.69) is 25.5 Å². The fourth-order valence-electron chi connectivity index (χ4n) is 3.86. The number of fused-ring (bicyclic) bond motifs is 1. The molecule has 1 saturated heterocycles. The molecule has 0 bridgehead atoms. The second kappa shape index (κ2) is 7.90. The summed E-state index contributed by atoms with van der Waals surface area (Å²) in [4.78, 5) is 14.9. The third-order valence-electron chi connectivity index (χ3n) is 5.31. The molecule has 1 amide bonds. The first-order valence-electron chi connectivity index (χ1n) is 9.74. The fourth-order valence-corrected chi connectivity index (χ4v) is 3.86. The average molecular weight is 402 g/mol. The highest BCUT2D eigenvalue weighted by atomic mass is 19.1. The van der Waals surface area contributed by atoms with E-state index in [0.717, 1.165) is 31.5 Å². The van der Waals surface area contributed by atoms with E-state index in [9.17, 15) is 13.6 Å². The number of aromatic amines is 1. The van der Waals surface area contributed by atoms with Gasteiger partial charge >= 0.3 is 0 Å². The molecular weight excluding hydrogens is 378 g/mol. The van der Waals surface area contributed by atoms with Crippen LogP contribution in [0.25, 0.3) is 22.0 Å². The van der Waals surface area contributed by atoms with E-state index in [4.69, 9.17) is 0 Å². The van der Waals surface area contributed by atoms with Crippen molar-refractivity contribution in [2.24, 2.45) is 7.05 Å². The lowest BCUT2D eigenvalue weighted by molar-refractivity contribution is 0.0898. The first kappa shape index (κ1) is 19.5. The number of carbonyl (C=O) groups is 1. The molecule has 2 N–H and O–H groups in total. The molecular formula is C20H24F2N6O. The maximum absolute atomic E-state index is 14.5. The monoisotopic (exact) mass is 402 g/mol. The molecule has 1 fully saturated rings. The van der Waals surface area contributed by atoms with Crippen molar-refractivity contribution in [3.8, 4) is 11.1 Å². The quantitative estimate of drug-likeness (QED) is 0.688. The molecule has 9 heteroatoms. The van der Waals surface area contributed by atoms with Crippen molar-refractivity contribution in [2.45, 2.75) is 32.0 Å². The molecule has 1 aliphatic rings. The third-order valence-corrected chi connectivity index (χ3v) is 5.31. The minimum Gasteiger partial charge on any atom is -0.348 e. The number of nitrogens with one attached hydrogen (secondary N) is 2. The summed E-state index contributed by atoms with van der Waals surface area (Å²) in [5, 5.41) is 14.2. The van der Waals surface area contributed by atoms with Crippen LogP contribution in [0.3, 0.4) is 0 Å². The molecule has 1 aliphatic heterocycles. The van der Waals surface area contributed by atoms with E-state index in [0.29, 0.717) is 17.5 Å². The van der Waals surface area contributed by atoms with Crippen molar-refractivity contribution in [1.82, 2.24) is 30.2 Å². The van der Waals surface area contributed by atoms with Crippen LogP contribution < -0.4 is 5.32 Å². The van der Waals surface area contributed by atoms with Crippen LogP contribution in [0.1, 0.15) is 30.3 Å². The van der Waals surface area contributed by atoms with Crippen LogP contribution in [0, 0.1) is 5.82 Å².